The standard InChI is InChI=1S/C17H21NO3/c1-12-9-18-16(11-20-14(3)19)17(13(12)2)21-10-15-7-5-4-6-8-15/h4-9,13,18H,10-11H2,1-3H3. The molecule has 0 radical (unpaired) electrons. The van der Waals surface area contributed by atoms with Crippen molar-refractivity contribution in [1.29, 1.82) is 0 Å². The summed E-state index contributed by atoms with van der Waals surface area (Å²) in [7, 11) is 0. The van der Waals surface area contributed by atoms with E-state index in [2.05, 4.69) is 12.2 Å². The van der Waals surface area contributed by atoms with E-state index in [1.807, 2.05) is 43.5 Å². The highest BCUT2D eigenvalue weighted by molar-refractivity contribution is 5.66. The lowest BCUT2D eigenvalue weighted by molar-refractivity contribution is -0.140. The van der Waals surface area contributed by atoms with Gasteiger partial charge in [0.25, 0.3) is 0 Å². The van der Waals surface area contributed by atoms with E-state index in [0.717, 1.165) is 17.0 Å². The largest absolute Gasteiger partial charge is 0.491 e. The van der Waals surface area contributed by atoms with Crippen LogP contribution in [0.3, 0.4) is 0 Å². The van der Waals surface area contributed by atoms with Crippen LogP contribution >= 0.6 is 0 Å². The molecule has 2 rings (SSSR count). The van der Waals surface area contributed by atoms with E-state index in [1.54, 1.807) is 0 Å². The van der Waals surface area contributed by atoms with Crippen molar-refractivity contribution in [3.05, 3.63) is 59.1 Å². The minimum absolute atomic E-state index is 0.167. The lowest BCUT2D eigenvalue weighted by atomic mass is 9.97. The van der Waals surface area contributed by atoms with Gasteiger partial charge < -0.3 is 14.8 Å². The highest BCUT2D eigenvalue weighted by Gasteiger charge is 2.22. The molecule has 112 valence electrons. The fraction of sp³-hybridized carbons (Fsp3) is 0.353. The molecule has 0 bridgehead atoms. The first-order chi connectivity index (χ1) is 10.1. The quantitative estimate of drug-likeness (QED) is 0.845. The third-order valence-electron chi connectivity index (χ3n) is 3.50. The number of allylic oxidation sites excluding steroid dienone is 1. The van der Waals surface area contributed by atoms with Gasteiger partial charge in [-0.1, -0.05) is 37.3 Å². The van der Waals surface area contributed by atoms with Gasteiger partial charge in [0.2, 0.25) is 0 Å². The van der Waals surface area contributed by atoms with Crippen LogP contribution in [0.4, 0.5) is 0 Å². The molecule has 1 aliphatic rings. The third-order valence-corrected chi connectivity index (χ3v) is 3.50. The number of benzene rings is 1. The van der Waals surface area contributed by atoms with Gasteiger partial charge in [0.05, 0.1) is 5.70 Å². The molecule has 1 heterocycles. The smallest absolute Gasteiger partial charge is 0.303 e. The van der Waals surface area contributed by atoms with Crippen LogP contribution in [0, 0.1) is 5.92 Å². The Bertz CT molecular complexity index is 561. The van der Waals surface area contributed by atoms with Gasteiger partial charge in [-0.25, -0.2) is 0 Å². The fourth-order valence-electron chi connectivity index (χ4n) is 2.10. The molecule has 4 nitrogen and oxygen atoms in total. The second-order valence-electron chi connectivity index (χ2n) is 5.15. The maximum atomic E-state index is 11.0. The maximum Gasteiger partial charge on any atom is 0.303 e. The molecule has 1 unspecified atom stereocenters. The number of rotatable bonds is 5. The van der Waals surface area contributed by atoms with Crippen molar-refractivity contribution in [2.75, 3.05) is 6.61 Å². The normalized spacial score (nSPS) is 17.9. The van der Waals surface area contributed by atoms with E-state index >= 15 is 0 Å². The fourth-order valence-corrected chi connectivity index (χ4v) is 2.10. The van der Waals surface area contributed by atoms with Crippen molar-refractivity contribution in [2.24, 2.45) is 5.92 Å². The van der Waals surface area contributed by atoms with Crippen molar-refractivity contribution in [3.63, 3.8) is 0 Å². The number of hydrogen-bond donors (Lipinski definition) is 1. The van der Waals surface area contributed by atoms with Crippen LogP contribution in [0.25, 0.3) is 0 Å². The summed E-state index contributed by atoms with van der Waals surface area (Å²) >= 11 is 0. The average molecular weight is 287 g/mol. The Kier molecular flexibility index (Phi) is 5.04. The van der Waals surface area contributed by atoms with Crippen LogP contribution in [0.2, 0.25) is 0 Å². The summed E-state index contributed by atoms with van der Waals surface area (Å²) in [6, 6.07) is 10.00. The Balaban J connectivity index is 2.10. The van der Waals surface area contributed by atoms with Crippen molar-refractivity contribution in [1.82, 2.24) is 5.32 Å². The number of nitrogens with one attached hydrogen (secondary N) is 1. The van der Waals surface area contributed by atoms with E-state index in [0.29, 0.717) is 6.61 Å². The van der Waals surface area contributed by atoms with Crippen LogP contribution < -0.4 is 5.32 Å². The van der Waals surface area contributed by atoms with Gasteiger partial charge >= 0.3 is 5.97 Å². The Morgan fingerprint density at radius 2 is 1.95 bits per heavy atom. The zero-order valence-electron chi connectivity index (χ0n) is 12.7. The van der Waals surface area contributed by atoms with Gasteiger partial charge in [-0.15, -0.1) is 0 Å². The molecule has 1 atom stereocenters. The second kappa shape index (κ2) is 6.97. The molecule has 0 amide bonds. The molecule has 1 aliphatic heterocycles. The van der Waals surface area contributed by atoms with Gasteiger partial charge in [-0.05, 0) is 18.1 Å². The Morgan fingerprint density at radius 1 is 1.24 bits per heavy atom. The summed E-state index contributed by atoms with van der Waals surface area (Å²) in [6.07, 6.45) is 1.93. The van der Waals surface area contributed by atoms with Crippen molar-refractivity contribution >= 4 is 5.97 Å². The van der Waals surface area contributed by atoms with Crippen molar-refractivity contribution < 1.29 is 14.3 Å². The molecule has 0 fully saturated rings. The van der Waals surface area contributed by atoms with Crippen LogP contribution in [0.1, 0.15) is 26.3 Å². The van der Waals surface area contributed by atoms with Crippen molar-refractivity contribution in [3.8, 4) is 0 Å². The van der Waals surface area contributed by atoms with E-state index in [9.17, 15) is 4.79 Å². The summed E-state index contributed by atoms with van der Waals surface area (Å²) in [5.41, 5.74) is 3.10. The highest BCUT2D eigenvalue weighted by Crippen LogP contribution is 2.27. The Morgan fingerprint density at radius 3 is 2.62 bits per heavy atom. The molecule has 1 aromatic rings. The zero-order valence-corrected chi connectivity index (χ0v) is 12.7. The summed E-state index contributed by atoms with van der Waals surface area (Å²) in [4.78, 5) is 11.0. The highest BCUT2D eigenvalue weighted by atomic mass is 16.5. The number of hydrogen-bond acceptors (Lipinski definition) is 4. The number of esters is 1. The number of dihydropyridines is 1. The topological polar surface area (TPSA) is 47.6 Å². The van der Waals surface area contributed by atoms with Crippen LogP contribution in [-0.2, 0) is 20.9 Å². The summed E-state index contributed by atoms with van der Waals surface area (Å²) < 4.78 is 11.1. The second-order valence-corrected chi connectivity index (χ2v) is 5.15. The number of carbonyl (C=O) groups is 1. The Labute approximate surface area is 125 Å². The lowest BCUT2D eigenvalue weighted by Crippen LogP contribution is -2.25. The zero-order chi connectivity index (χ0) is 15.2. The maximum absolute atomic E-state index is 11.0. The minimum Gasteiger partial charge on any atom is -0.491 e. The van der Waals surface area contributed by atoms with E-state index < -0.39 is 0 Å². The number of carbonyl (C=O) groups excluding carboxylic acids is 1. The van der Waals surface area contributed by atoms with Gasteiger partial charge in [-0.3, -0.25) is 4.79 Å². The molecule has 0 saturated heterocycles. The predicted octanol–water partition coefficient (Wildman–Crippen LogP) is 3.12. The molecular formula is C17H21NO3. The summed E-state index contributed by atoms with van der Waals surface area (Å²) in [6.45, 7) is 6.23. The first-order valence-corrected chi connectivity index (χ1v) is 7.04. The third kappa shape index (κ3) is 4.12. The van der Waals surface area contributed by atoms with E-state index in [-0.39, 0.29) is 18.5 Å². The summed E-state index contributed by atoms with van der Waals surface area (Å²) in [5, 5.41) is 3.16. The lowest BCUT2D eigenvalue weighted by Gasteiger charge is -2.26. The molecule has 1 N–H and O–H groups in total. The predicted molar refractivity (Wildman–Crippen MR) is 80.9 cm³/mol. The van der Waals surface area contributed by atoms with Crippen LogP contribution in [-0.4, -0.2) is 12.6 Å². The van der Waals surface area contributed by atoms with Gasteiger partial charge in [-0.2, -0.15) is 0 Å². The van der Waals surface area contributed by atoms with Crippen LogP contribution in [0.15, 0.2) is 53.6 Å². The SMILES string of the molecule is CC(=O)OCC1=C(OCc2ccccc2)C(C)C(C)=CN1. The van der Waals surface area contributed by atoms with Crippen molar-refractivity contribution in [2.45, 2.75) is 27.4 Å². The average Bonchev–Trinajstić information content (AvgIpc) is 2.48. The first kappa shape index (κ1) is 15.2. The van der Waals surface area contributed by atoms with E-state index in [1.165, 1.54) is 12.5 Å². The molecule has 21 heavy (non-hydrogen) atoms. The monoisotopic (exact) mass is 287 g/mol. The summed E-state index contributed by atoms with van der Waals surface area (Å²) in [5.74, 6) is 0.700. The van der Waals surface area contributed by atoms with Gasteiger partial charge in [0, 0.05) is 19.0 Å². The molecule has 0 aromatic heterocycles. The molecular weight excluding hydrogens is 266 g/mol. The minimum atomic E-state index is -0.300. The molecule has 0 aliphatic carbocycles. The molecule has 1 aromatic carbocycles. The molecule has 4 heteroatoms. The van der Waals surface area contributed by atoms with E-state index in [4.69, 9.17) is 9.47 Å². The Hall–Kier alpha value is -2.23. The van der Waals surface area contributed by atoms with Gasteiger partial charge in [0.15, 0.2) is 0 Å². The number of ether oxygens (including phenoxy) is 2. The van der Waals surface area contributed by atoms with Crippen LogP contribution in [0.5, 0.6) is 0 Å². The molecule has 0 saturated carbocycles. The van der Waals surface area contributed by atoms with Gasteiger partial charge in [0.1, 0.15) is 19.0 Å². The first-order valence-electron chi connectivity index (χ1n) is 7.04. The molecule has 0 spiro atoms.